The van der Waals surface area contributed by atoms with Gasteiger partial charge in [0.15, 0.2) is 0 Å². The molecule has 5 nitrogen and oxygen atoms in total. The van der Waals surface area contributed by atoms with Gasteiger partial charge in [0.05, 0.1) is 5.52 Å². The molecule has 0 radical (unpaired) electrons. The maximum atomic E-state index is 12.9. The fourth-order valence-electron chi connectivity index (χ4n) is 4.44. The molecule has 2 aliphatic heterocycles. The zero-order valence-electron chi connectivity index (χ0n) is 15.4. The summed E-state index contributed by atoms with van der Waals surface area (Å²) in [5, 5.41) is 1.03. The van der Waals surface area contributed by atoms with E-state index in [4.69, 9.17) is 4.74 Å². The van der Waals surface area contributed by atoms with Crippen molar-refractivity contribution in [2.45, 2.75) is 39.2 Å². The summed E-state index contributed by atoms with van der Waals surface area (Å²) in [6, 6.07) is 9.43. The molecule has 0 saturated carbocycles. The molecule has 2 saturated heterocycles. The zero-order valence-corrected chi connectivity index (χ0v) is 15.4. The molecule has 4 rings (SSSR count). The maximum Gasteiger partial charge on any atom is 0.251 e. The van der Waals surface area contributed by atoms with Crippen molar-refractivity contribution in [3.05, 3.63) is 46.2 Å². The molecule has 26 heavy (non-hydrogen) atoms. The van der Waals surface area contributed by atoms with Crippen molar-refractivity contribution in [2.75, 3.05) is 26.3 Å². The van der Waals surface area contributed by atoms with E-state index in [0.29, 0.717) is 5.41 Å². The monoisotopic (exact) mass is 354 g/mol. The van der Waals surface area contributed by atoms with Gasteiger partial charge in [-0.3, -0.25) is 14.2 Å². The Hall–Kier alpha value is -2.14. The molecule has 5 heteroatoms. The van der Waals surface area contributed by atoms with E-state index < -0.39 is 0 Å². The number of amides is 1. The minimum atomic E-state index is -0.104. The van der Waals surface area contributed by atoms with E-state index in [1.807, 2.05) is 36.1 Å². The number of hydrogen-bond donors (Lipinski definition) is 0. The minimum Gasteiger partial charge on any atom is -0.381 e. The summed E-state index contributed by atoms with van der Waals surface area (Å²) in [6.45, 7) is 5.33. The highest BCUT2D eigenvalue weighted by atomic mass is 16.5. The molecule has 2 aliphatic rings. The molecule has 1 spiro atoms. The van der Waals surface area contributed by atoms with E-state index in [9.17, 15) is 9.59 Å². The molecule has 1 aromatic carbocycles. The number of rotatable bonds is 2. The third-order valence-corrected chi connectivity index (χ3v) is 6.25. The number of likely N-dealkylation sites (tertiary alicyclic amines) is 1. The van der Waals surface area contributed by atoms with Crippen molar-refractivity contribution in [1.82, 2.24) is 9.47 Å². The Morgan fingerprint density at radius 2 is 1.81 bits per heavy atom. The second-order valence-electron chi connectivity index (χ2n) is 7.76. The second kappa shape index (κ2) is 6.88. The molecule has 0 N–H and O–H groups in total. The highest BCUT2D eigenvalue weighted by Crippen LogP contribution is 2.40. The lowest BCUT2D eigenvalue weighted by Gasteiger charge is -2.44. The number of fused-ring (bicyclic) bond motifs is 1. The Balaban J connectivity index is 1.51. The van der Waals surface area contributed by atoms with Crippen LogP contribution in [0.25, 0.3) is 10.9 Å². The van der Waals surface area contributed by atoms with Crippen molar-refractivity contribution < 1.29 is 9.53 Å². The Kier molecular flexibility index (Phi) is 4.57. The third kappa shape index (κ3) is 3.16. The summed E-state index contributed by atoms with van der Waals surface area (Å²) in [7, 11) is 0. The largest absolute Gasteiger partial charge is 0.381 e. The number of piperidine rings is 1. The minimum absolute atomic E-state index is 0.0445. The van der Waals surface area contributed by atoms with Crippen LogP contribution < -0.4 is 5.56 Å². The molecular formula is C21H26N2O3. The fourth-order valence-corrected chi connectivity index (χ4v) is 4.44. The SMILES string of the molecule is Cc1cc(=O)n(CC(=O)N2CCC3(CCOCC3)CC2)c2ccccc12. The Labute approximate surface area is 153 Å². The summed E-state index contributed by atoms with van der Waals surface area (Å²) in [5.41, 5.74) is 2.05. The summed E-state index contributed by atoms with van der Waals surface area (Å²) >= 11 is 0. The summed E-state index contributed by atoms with van der Waals surface area (Å²) in [4.78, 5) is 27.3. The van der Waals surface area contributed by atoms with Crippen LogP contribution in [0.15, 0.2) is 35.1 Å². The van der Waals surface area contributed by atoms with Crippen LogP contribution in [0.2, 0.25) is 0 Å². The number of benzene rings is 1. The lowest BCUT2D eigenvalue weighted by molar-refractivity contribution is -0.135. The van der Waals surface area contributed by atoms with Crippen LogP contribution in [0, 0.1) is 12.3 Å². The molecule has 1 aromatic heterocycles. The van der Waals surface area contributed by atoms with Gasteiger partial charge in [0.2, 0.25) is 5.91 Å². The molecule has 0 bridgehead atoms. The topological polar surface area (TPSA) is 51.5 Å². The highest BCUT2D eigenvalue weighted by Gasteiger charge is 2.37. The molecule has 0 aliphatic carbocycles. The molecule has 0 unspecified atom stereocenters. The van der Waals surface area contributed by atoms with Crippen LogP contribution in [0.5, 0.6) is 0 Å². The quantitative estimate of drug-likeness (QED) is 0.833. The van der Waals surface area contributed by atoms with Crippen molar-refractivity contribution in [1.29, 1.82) is 0 Å². The van der Waals surface area contributed by atoms with Gasteiger partial charge in [0, 0.05) is 37.8 Å². The number of aryl methyl sites for hydroxylation is 1. The van der Waals surface area contributed by atoms with Crippen molar-refractivity contribution in [3.63, 3.8) is 0 Å². The summed E-state index contributed by atoms with van der Waals surface area (Å²) < 4.78 is 7.11. The van der Waals surface area contributed by atoms with Crippen LogP contribution in [0.3, 0.4) is 0 Å². The predicted molar refractivity (Wildman–Crippen MR) is 101 cm³/mol. The van der Waals surface area contributed by atoms with Crippen molar-refractivity contribution in [2.24, 2.45) is 5.41 Å². The van der Waals surface area contributed by atoms with Crippen molar-refractivity contribution in [3.8, 4) is 0 Å². The Morgan fingerprint density at radius 1 is 1.12 bits per heavy atom. The first-order chi connectivity index (χ1) is 12.6. The number of nitrogens with zero attached hydrogens (tertiary/aromatic N) is 2. The van der Waals surface area contributed by atoms with Crippen LogP contribution in [0.4, 0.5) is 0 Å². The molecule has 2 fully saturated rings. The molecule has 3 heterocycles. The number of carbonyl (C=O) groups excluding carboxylic acids is 1. The molecular weight excluding hydrogens is 328 g/mol. The van der Waals surface area contributed by atoms with Crippen LogP contribution in [0.1, 0.15) is 31.2 Å². The number of pyridine rings is 1. The van der Waals surface area contributed by atoms with Gasteiger partial charge in [0.25, 0.3) is 5.56 Å². The van der Waals surface area contributed by atoms with E-state index in [1.54, 1.807) is 10.6 Å². The van der Waals surface area contributed by atoms with Gasteiger partial charge in [-0.2, -0.15) is 0 Å². The van der Waals surface area contributed by atoms with E-state index in [0.717, 1.165) is 68.5 Å². The van der Waals surface area contributed by atoms with Crippen LogP contribution in [-0.2, 0) is 16.1 Å². The van der Waals surface area contributed by atoms with Crippen molar-refractivity contribution >= 4 is 16.8 Å². The lowest BCUT2D eigenvalue weighted by atomic mass is 9.72. The average molecular weight is 354 g/mol. The van der Waals surface area contributed by atoms with Crippen LogP contribution >= 0.6 is 0 Å². The van der Waals surface area contributed by atoms with E-state index in [2.05, 4.69) is 0 Å². The first-order valence-corrected chi connectivity index (χ1v) is 9.53. The standard InChI is InChI=1S/C21H26N2O3/c1-16-14-19(24)23(18-5-3-2-4-17(16)18)15-20(25)22-10-6-21(7-11-22)8-12-26-13-9-21/h2-5,14H,6-13,15H2,1H3. The van der Waals surface area contributed by atoms with Gasteiger partial charge in [-0.1, -0.05) is 18.2 Å². The molecule has 0 atom stereocenters. The highest BCUT2D eigenvalue weighted by molar-refractivity contribution is 5.84. The van der Waals surface area contributed by atoms with Gasteiger partial charge in [0.1, 0.15) is 6.54 Å². The number of carbonyl (C=O) groups is 1. The average Bonchev–Trinajstić information content (AvgIpc) is 2.66. The van der Waals surface area contributed by atoms with E-state index in [-0.39, 0.29) is 18.0 Å². The molecule has 2 aromatic rings. The van der Waals surface area contributed by atoms with Gasteiger partial charge in [-0.15, -0.1) is 0 Å². The Bertz CT molecular complexity index is 870. The number of para-hydroxylation sites is 1. The first kappa shape index (κ1) is 17.3. The maximum absolute atomic E-state index is 12.9. The number of aromatic nitrogens is 1. The van der Waals surface area contributed by atoms with Gasteiger partial charge in [-0.25, -0.2) is 0 Å². The molecule has 138 valence electrons. The summed E-state index contributed by atoms with van der Waals surface area (Å²) in [6.07, 6.45) is 4.31. The van der Waals surface area contributed by atoms with E-state index in [1.165, 1.54) is 0 Å². The van der Waals surface area contributed by atoms with Crippen LogP contribution in [-0.4, -0.2) is 41.7 Å². The van der Waals surface area contributed by atoms with Gasteiger partial charge < -0.3 is 9.64 Å². The normalized spacial score (nSPS) is 19.8. The zero-order chi connectivity index (χ0) is 18.1. The third-order valence-electron chi connectivity index (χ3n) is 6.25. The van der Waals surface area contributed by atoms with Gasteiger partial charge in [-0.05, 0) is 49.7 Å². The van der Waals surface area contributed by atoms with Gasteiger partial charge >= 0.3 is 0 Å². The predicted octanol–water partition coefficient (Wildman–Crippen LogP) is 2.73. The number of ether oxygens (including phenoxy) is 1. The summed E-state index contributed by atoms with van der Waals surface area (Å²) in [5.74, 6) is 0.0445. The Morgan fingerprint density at radius 3 is 2.54 bits per heavy atom. The first-order valence-electron chi connectivity index (χ1n) is 9.53. The smallest absolute Gasteiger partial charge is 0.251 e. The molecule has 1 amide bonds. The van der Waals surface area contributed by atoms with E-state index >= 15 is 0 Å². The fraction of sp³-hybridized carbons (Fsp3) is 0.524. The number of hydrogen-bond acceptors (Lipinski definition) is 3. The second-order valence-corrected chi connectivity index (χ2v) is 7.76. The lowest BCUT2D eigenvalue weighted by Crippen LogP contribution is -2.46.